The number of thiophene rings is 1. The summed E-state index contributed by atoms with van der Waals surface area (Å²) in [7, 11) is 0. The predicted molar refractivity (Wildman–Crippen MR) is 90.1 cm³/mol. The highest BCUT2D eigenvalue weighted by Gasteiger charge is 2.26. The molecule has 1 aliphatic heterocycles. The molecule has 1 saturated heterocycles. The van der Waals surface area contributed by atoms with Crippen molar-refractivity contribution in [3.63, 3.8) is 0 Å². The first-order valence-corrected chi connectivity index (χ1v) is 8.70. The summed E-state index contributed by atoms with van der Waals surface area (Å²) in [6, 6.07) is 12.8. The summed E-state index contributed by atoms with van der Waals surface area (Å²) in [6.07, 6.45) is 0.331. The van der Waals surface area contributed by atoms with E-state index in [1.165, 1.54) is 11.1 Å². The number of ether oxygens (including phenoxy) is 1. The zero-order valence-electron chi connectivity index (χ0n) is 12.9. The summed E-state index contributed by atoms with van der Waals surface area (Å²) in [4.78, 5) is 3.49. The molecule has 1 fully saturated rings. The standard InChI is InChI=1S/C18H23NO2S/c1-14-5-2-3-6-15(14)12-19-8-9-21-13-16(19)11-17(20)18-7-4-10-22-18/h2-7,10,16-17,20H,8-9,11-13H2,1H3. The number of benzene rings is 1. The van der Waals surface area contributed by atoms with Crippen LogP contribution in [0.3, 0.4) is 0 Å². The fourth-order valence-corrected chi connectivity index (χ4v) is 3.70. The van der Waals surface area contributed by atoms with Crippen molar-refractivity contribution in [3.8, 4) is 0 Å². The Bertz CT molecular complexity index is 585. The molecule has 0 radical (unpaired) electrons. The first-order valence-electron chi connectivity index (χ1n) is 7.82. The Labute approximate surface area is 136 Å². The minimum absolute atomic E-state index is 0.269. The Morgan fingerprint density at radius 1 is 1.32 bits per heavy atom. The Morgan fingerprint density at radius 2 is 2.18 bits per heavy atom. The predicted octanol–water partition coefficient (Wildman–Crippen LogP) is 3.38. The van der Waals surface area contributed by atoms with Crippen LogP contribution in [-0.2, 0) is 11.3 Å². The van der Waals surface area contributed by atoms with Gasteiger partial charge in [0.15, 0.2) is 0 Å². The minimum atomic E-state index is -0.397. The van der Waals surface area contributed by atoms with Gasteiger partial charge in [-0.1, -0.05) is 30.3 Å². The highest BCUT2D eigenvalue weighted by molar-refractivity contribution is 7.10. The van der Waals surface area contributed by atoms with E-state index in [2.05, 4.69) is 36.1 Å². The summed E-state index contributed by atoms with van der Waals surface area (Å²) in [5.41, 5.74) is 2.69. The van der Waals surface area contributed by atoms with Gasteiger partial charge >= 0.3 is 0 Å². The van der Waals surface area contributed by atoms with Crippen LogP contribution in [-0.4, -0.2) is 35.8 Å². The Kier molecular flexibility index (Phi) is 5.26. The molecule has 2 heterocycles. The van der Waals surface area contributed by atoms with E-state index in [0.29, 0.717) is 6.61 Å². The summed E-state index contributed by atoms with van der Waals surface area (Å²) in [6.45, 7) is 5.49. The Balaban J connectivity index is 1.67. The number of aryl methyl sites for hydroxylation is 1. The van der Waals surface area contributed by atoms with E-state index in [9.17, 15) is 5.11 Å². The van der Waals surface area contributed by atoms with E-state index < -0.39 is 6.10 Å². The zero-order chi connectivity index (χ0) is 15.4. The molecule has 2 aromatic rings. The van der Waals surface area contributed by atoms with Crippen molar-refractivity contribution in [1.29, 1.82) is 0 Å². The van der Waals surface area contributed by atoms with Gasteiger partial charge in [0.25, 0.3) is 0 Å². The first-order chi connectivity index (χ1) is 10.7. The molecule has 1 N–H and O–H groups in total. The van der Waals surface area contributed by atoms with Crippen molar-refractivity contribution in [2.24, 2.45) is 0 Å². The summed E-state index contributed by atoms with van der Waals surface area (Å²) in [5, 5.41) is 12.4. The molecule has 0 saturated carbocycles. The smallest absolute Gasteiger partial charge is 0.0897 e. The van der Waals surface area contributed by atoms with Gasteiger partial charge in [-0.3, -0.25) is 4.90 Å². The van der Waals surface area contributed by atoms with E-state index in [4.69, 9.17) is 4.74 Å². The van der Waals surface area contributed by atoms with Crippen LogP contribution in [0.1, 0.15) is 28.5 Å². The lowest BCUT2D eigenvalue weighted by Gasteiger charge is -2.36. The summed E-state index contributed by atoms with van der Waals surface area (Å²) in [5.74, 6) is 0. The van der Waals surface area contributed by atoms with Gasteiger partial charge in [-0.05, 0) is 35.9 Å². The van der Waals surface area contributed by atoms with Crippen molar-refractivity contribution in [3.05, 3.63) is 57.8 Å². The molecule has 3 rings (SSSR count). The van der Waals surface area contributed by atoms with Crippen LogP contribution in [0.2, 0.25) is 0 Å². The van der Waals surface area contributed by atoms with Crippen LogP contribution >= 0.6 is 11.3 Å². The van der Waals surface area contributed by atoms with Gasteiger partial charge < -0.3 is 9.84 Å². The maximum Gasteiger partial charge on any atom is 0.0897 e. The van der Waals surface area contributed by atoms with Crippen LogP contribution < -0.4 is 0 Å². The maximum absolute atomic E-state index is 10.4. The average Bonchev–Trinajstić information content (AvgIpc) is 3.06. The lowest BCUT2D eigenvalue weighted by Crippen LogP contribution is -2.45. The minimum Gasteiger partial charge on any atom is -0.388 e. The molecule has 2 unspecified atom stereocenters. The Hall–Kier alpha value is -1.20. The SMILES string of the molecule is Cc1ccccc1CN1CCOCC1CC(O)c1cccs1. The van der Waals surface area contributed by atoms with Gasteiger partial charge in [0.1, 0.15) is 0 Å². The third kappa shape index (κ3) is 3.76. The normalized spacial score (nSPS) is 20.9. The number of hydrogen-bond acceptors (Lipinski definition) is 4. The van der Waals surface area contributed by atoms with Crippen LogP contribution in [0, 0.1) is 6.92 Å². The highest BCUT2D eigenvalue weighted by atomic mass is 32.1. The second kappa shape index (κ2) is 7.38. The fraction of sp³-hybridized carbons (Fsp3) is 0.444. The number of aliphatic hydroxyl groups excluding tert-OH is 1. The van der Waals surface area contributed by atoms with Gasteiger partial charge in [-0.2, -0.15) is 0 Å². The van der Waals surface area contributed by atoms with Crippen molar-refractivity contribution in [2.75, 3.05) is 19.8 Å². The molecule has 1 aliphatic rings. The average molecular weight is 317 g/mol. The largest absolute Gasteiger partial charge is 0.388 e. The molecule has 0 amide bonds. The number of nitrogens with zero attached hydrogens (tertiary/aromatic N) is 1. The van der Waals surface area contributed by atoms with Gasteiger partial charge in [0.2, 0.25) is 0 Å². The Morgan fingerprint density at radius 3 is 2.95 bits per heavy atom. The van der Waals surface area contributed by atoms with Crippen LogP contribution in [0.15, 0.2) is 41.8 Å². The van der Waals surface area contributed by atoms with Crippen molar-refractivity contribution >= 4 is 11.3 Å². The third-order valence-electron chi connectivity index (χ3n) is 4.35. The topological polar surface area (TPSA) is 32.7 Å². The van der Waals surface area contributed by atoms with E-state index in [-0.39, 0.29) is 6.04 Å². The van der Waals surface area contributed by atoms with Gasteiger partial charge in [-0.25, -0.2) is 0 Å². The van der Waals surface area contributed by atoms with Gasteiger partial charge in [0.05, 0.1) is 19.3 Å². The highest BCUT2D eigenvalue weighted by Crippen LogP contribution is 2.27. The molecular weight excluding hydrogens is 294 g/mol. The van der Waals surface area contributed by atoms with E-state index in [1.807, 2.05) is 17.5 Å². The number of aliphatic hydroxyl groups is 1. The lowest BCUT2D eigenvalue weighted by molar-refractivity contribution is -0.0297. The van der Waals surface area contributed by atoms with Gasteiger partial charge in [0, 0.05) is 24.0 Å². The van der Waals surface area contributed by atoms with Crippen LogP contribution in [0.5, 0.6) is 0 Å². The van der Waals surface area contributed by atoms with Crippen LogP contribution in [0.4, 0.5) is 0 Å². The number of hydrogen-bond donors (Lipinski definition) is 1. The maximum atomic E-state index is 10.4. The molecule has 1 aromatic carbocycles. The van der Waals surface area contributed by atoms with E-state index >= 15 is 0 Å². The fourth-order valence-electron chi connectivity index (χ4n) is 2.98. The van der Waals surface area contributed by atoms with E-state index in [0.717, 1.165) is 31.0 Å². The first kappa shape index (κ1) is 15.7. The summed E-state index contributed by atoms with van der Waals surface area (Å²) < 4.78 is 5.65. The van der Waals surface area contributed by atoms with Gasteiger partial charge in [-0.15, -0.1) is 11.3 Å². The van der Waals surface area contributed by atoms with Crippen molar-refractivity contribution in [2.45, 2.75) is 32.0 Å². The summed E-state index contributed by atoms with van der Waals surface area (Å²) >= 11 is 1.62. The zero-order valence-corrected chi connectivity index (χ0v) is 13.8. The third-order valence-corrected chi connectivity index (χ3v) is 5.32. The number of morpholine rings is 1. The van der Waals surface area contributed by atoms with Crippen LogP contribution in [0.25, 0.3) is 0 Å². The lowest BCUT2D eigenvalue weighted by atomic mass is 10.0. The monoisotopic (exact) mass is 317 g/mol. The molecule has 0 bridgehead atoms. The molecule has 3 nitrogen and oxygen atoms in total. The molecule has 4 heteroatoms. The molecule has 2 atom stereocenters. The molecule has 118 valence electrons. The molecular formula is C18H23NO2S. The molecule has 0 spiro atoms. The number of rotatable bonds is 5. The molecule has 22 heavy (non-hydrogen) atoms. The quantitative estimate of drug-likeness (QED) is 0.917. The molecule has 0 aliphatic carbocycles. The second-order valence-electron chi connectivity index (χ2n) is 5.89. The van der Waals surface area contributed by atoms with E-state index in [1.54, 1.807) is 11.3 Å². The second-order valence-corrected chi connectivity index (χ2v) is 6.87. The van der Waals surface area contributed by atoms with Crippen molar-refractivity contribution < 1.29 is 9.84 Å². The van der Waals surface area contributed by atoms with Crippen molar-refractivity contribution in [1.82, 2.24) is 4.90 Å². The molecule has 1 aromatic heterocycles.